The third kappa shape index (κ3) is 4.76. The van der Waals surface area contributed by atoms with E-state index >= 15 is 0 Å². The highest BCUT2D eigenvalue weighted by Crippen LogP contribution is 2.09. The minimum absolute atomic E-state index is 0.146. The molecule has 4 nitrogen and oxygen atoms in total. The van der Waals surface area contributed by atoms with Crippen molar-refractivity contribution >= 4 is 10.0 Å². The molecule has 0 saturated carbocycles. The lowest BCUT2D eigenvalue weighted by molar-refractivity contribution is 0.329. The fourth-order valence-electron chi connectivity index (χ4n) is 1.60. The van der Waals surface area contributed by atoms with Crippen LogP contribution in [0.5, 0.6) is 0 Å². The molecular formula is C13H22N2O2S. The monoisotopic (exact) mass is 270 g/mol. The van der Waals surface area contributed by atoms with E-state index in [1.807, 2.05) is 49.3 Å². The number of hydrogen-bond donors (Lipinski definition) is 0. The van der Waals surface area contributed by atoms with Crippen molar-refractivity contribution in [2.24, 2.45) is 0 Å². The summed E-state index contributed by atoms with van der Waals surface area (Å²) in [6.07, 6.45) is 0. The van der Waals surface area contributed by atoms with Crippen LogP contribution in [0.1, 0.15) is 12.5 Å². The van der Waals surface area contributed by atoms with Gasteiger partial charge in [-0.1, -0.05) is 30.3 Å². The Morgan fingerprint density at radius 1 is 1.06 bits per heavy atom. The zero-order valence-electron chi connectivity index (χ0n) is 11.3. The normalized spacial score (nSPS) is 12.3. The Kier molecular flexibility index (Phi) is 5.78. The summed E-state index contributed by atoms with van der Waals surface area (Å²) in [6, 6.07) is 9.69. The molecule has 0 heterocycles. The van der Waals surface area contributed by atoms with Gasteiger partial charge in [0.1, 0.15) is 0 Å². The van der Waals surface area contributed by atoms with Gasteiger partial charge < -0.3 is 4.90 Å². The highest BCUT2D eigenvalue weighted by atomic mass is 32.2. The van der Waals surface area contributed by atoms with E-state index in [1.54, 1.807) is 11.2 Å². The lowest BCUT2D eigenvalue weighted by Gasteiger charge is -2.23. The molecule has 0 saturated heterocycles. The minimum atomic E-state index is -3.15. The van der Waals surface area contributed by atoms with Crippen LogP contribution in [-0.2, 0) is 16.6 Å². The van der Waals surface area contributed by atoms with Crippen LogP contribution < -0.4 is 0 Å². The molecule has 1 aromatic carbocycles. The summed E-state index contributed by atoms with van der Waals surface area (Å²) in [7, 11) is 0.740. The summed E-state index contributed by atoms with van der Waals surface area (Å²) in [6.45, 7) is 3.39. The molecule has 0 N–H and O–H groups in total. The Bertz CT molecular complexity index is 443. The van der Waals surface area contributed by atoms with Gasteiger partial charge in [-0.2, -0.15) is 4.31 Å². The van der Waals surface area contributed by atoms with Gasteiger partial charge in [0.2, 0.25) is 10.0 Å². The number of likely N-dealkylation sites (N-methyl/N-ethyl adjacent to an activating group) is 1. The van der Waals surface area contributed by atoms with Crippen molar-refractivity contribution in [2.45, 2.75) is 13.5 Å². The summed E-state index contributed by atoms with van der Waals surface area (Å²) in [5.41, 5.74) is 1.02. The summed E-state index contributed by atoms with van der Waals surface area (Å²) >= 11 is 0. The van der Waals surface area contributed by atoms with Gasteiger partial charge in [0, 0.05) is 19.6 Å². The molecule has 0 fully saturated rings. The molecule has 1 rings (SSSR count). The molecule has 0 bridgehead atoms. The Labute approximate surface area is 110 Å². The largest absolute Gasteiger partial charge is 0.308 e. The van der Waals surface area contributed by atoms with E-state index in [0.29, 0.717) is 13.1 Å². The number of sulfonamides is 1. The maximum Gasteiger partial charge on any atom is 0.214 e. The third-order valence-corrected chi connectivity index (χ3v) is 4.58. The first-order valence-electron chi connectivity index (χ1n) is 6.12. The third-order valence-electron chi connectivity index (χ3n) is 2.76. The average molecular weight is 270 g/mol. The predicted molar refractivity (Wildman–Crippen MR) is 74.9 cm³/mol. The average Bonchev–Trinajstić information content (AvgIpc) is 2.35. The van der Waals surface area contributed by atoms with Gasteiger partial charge in [0.05, 0.1) is 5.75 Å². The van der Waals surface area contributed by atoms with Crippen molar-refractivity contribution in [2.75, 3.05) is 32.9 Å². The first-order valence-corrected chi connectivity index (χ1v) is 7.73. The van der Waals surface area contributed by atoms with Crippen LogP contribution >= 0.6 is 0 Å². The van der Waals surface area contributed by atoms with Crippen molar-refractivity contribution < 1.29 is 8.42 Å². The van der Waals surface area contributed by atoms with Crippen LogP contribution in [0.25, 0.3) is 0 Å². The van der Waals surface area contributed by atoms with Gasteiger partial charge in [-0.05, 0) is 26.6 Å². The van der Waals surface area contributed by atoms with Crippen LogP contribution in [0.15, 0.2) is 30.3 Å². The summed E-state index contributed by atoms with van der Waals surface area (Å²) in [5.74, 6) is 0.146. The first kappa shape index (κ1) is 15.1. The standard InChI is InChI=1S/C13H22N2O2S/c1-4-18(16,17)15(11-10-14(2)3)12-13-8-6-5-7-9-13/h5-9H,4,10-12H2,1-3H3. The Morgan fingerprint density at radius 3 is 2.17 bits per heavy atom. The molecular weight excluding hydrogens is 248 g/mol. The maximum atomic E-state index is 12.0. The van der Waals surface area contributed by atoms with E-state index in [9.17, 15) is 8.42 Å². The van der Waals surface area contributed by atoms with Crippen LogP contribution in [-0.4, -0.2) is 50.6 Å². The highest BCUT2D eigenvalue weighted by Gasteiger charge is 2.19. The molecule has 1 aromatic rings. The smallest absolute Gasteiger partial charge is 0.214 e. The molecule has 0 spiro atoms. The van der Waals surface area contributed by atoms with Crippen LogP contribution in [0.3, 0.4) is 0 Å². The van der Waals surface area contributed by atoms with Crippen molar-refractivity contribution in [3.8, 4) is 0 Å². The Balaban J connectivity index is 2.78. The van der Waals surface area contributed by atoms with E-state index in [-0.39, 0.29) is 5.75 Å². The molecule has 0 aliphatic carbocycles. The Hall–Kier alpha value is -0.910. The molecule has 0 atom stereocenters. The lowest BCUT2D eigenvalue weighted by Crippen LogP contribution is -2.37. The van der Waals surface area contributed by atoms with E-state index < -0.39 is 10.0 Å². The topological polar surface area (TPSA) is 40.6 Å². The van der Waals surface area contributed by atoms with Gasteiger partial charge in [-0.15, -0.1) is 0 Å². The van der Waals surface area contributed by atoms with E-state index in [4.69, 9.17) is 0 Å². The fourth-order valence-corrected chi connectivity index (χ4v) is 2.67. The molecule has 0 radical (unpaired) electrons. The summed E-state index contributed by atoms with van der Waals surface area (Å²) in [4.78, 5) is 1.99. The van der Waals surface area contributed by atoms with E-state index in [2.05, 4.69) is 0 Å². The fraction of sp³-hybridized carbons (Fsp3) is 0.538. The zero-order chi connectivity index (χ0) is 13.6. The summed E-state index contributed by atoms with van der Waals surface area (Å²) in [5, 5.41) is 0. The van der Waals surface area contributed by atoms with Crippen LogP contribution in [0.4, 0.5) is 0 Å². The highest BCUT2D eigenvalue weighted by molar-refractivity contribution is 7.89. The van der Waals surface area contributed by atoms with Gasteiger partial charge in [0.25, 0.3) is 0 Å². The minimum Gasteiger partial charge on any atom is -0.308 e. The quantitative estimate of drug-likeness (QED) is 0.752. The second kappa shape index (κ2) is 6.87. The summed E-state index contributed by atoms with van der Waals surface area (Å²) < 4.78 is 25.6. The SMILES string of the molecule is CCS(=O)(=O)N(CCN(C)C)Cc1ccccc1. The number of hydrogen-bond acceptors (Lipinski definition) is 3. The molecule has 0 aromatic heterocycles. The number of nitrogens with zero attached hydrogens (tertiary/aromatic N) is 2. The van der Waals surface area contributed by atoms with E-state index in [1.165, 1.54) is 0 Å². The van der Waals surface area contributed by atoms with Gasteiger partial charge in [0.15, 0.2) is 0 Å². The van der Waals surface area contributed by atoms with Gasteiger partial charge >= 0.3 is 0 Å². The molecule has 0 amide bonds. The molecule has 102 valence electrons. The van der Waals surface area contributed by atoms with Gasteiger partial charge in [-0.25, -0.2) is 8.42 Å². The van der Waals surface area contributed by atoms with Crippen molar-refractivity contribution in [1.29, 1.82) is 0 Å². The van der Waals surface area contributed by atoms with Crippen molar-refractivity contribution in [3.05, 3.63) is 35.9 Å². The predicted octanol–water partition coefficient (Wildman–Crippen LogP) is 1.40. The molecule has 18 heavy (non-hydrogen) atoms. The second-order valence-electron chi connectivity index (χ2n) is 4.52. The van der Waals surface area contributed by atoms with Crippen molar-refractivity contribution in [1.82, 2.24) is 9.21 Å². The zero-order valence-corrected chi connectivity index (χ0v) is 12.2. The van der Waals surface area contributed by atoms with Crippen LogP contribution in [0, 0.1) is 0 Å². The molecule has 5 heteroatoms. The second-order valence-corrected chi connectivity index (χ2v) is 6.78. The van der Waals surface area contributed by atoms with Gasteiger partial charge in [-0.3, -0.25) is 0 Å². The number of rotatable bonds is 7. The van der Waals surface area contributed by atoms with Crippen molar-refractivity contribution in [3.63, 3.8) is 0 Å². The lowest BCUT2D eigenvalue weighted by atomic mass is 10.2. The number of benzene rings is 1. The van der Waals surface area contributed by atoms with Crippen LogP contribution in [0.2, 0.25) is 0 Å². The van der Waals surface area contributed by atoms with E-state index in [0.717, 1.165) is 12.1 Å². The Morgan fingerprint density at radius 2 is 1.67 bits per heavy atom. The molecule has 0 aliphatic heterocycles. The molecule has 0 unspecified atom stereocenters. The maximum absolute atomic E-state index is 12.0. The molecule has 0 aliphatic rings. The first-order chi connectivity index (χ1) is 8.45.